The van der Waals surface area contributed by atoms with E-state index in [1.807, 2.05) is 12.3 Å². The van der Waals surface area contributed by atoms with E-state index in [4.69, 9.17) is 0 Å². The Morgan fingerprint density at radius 1 is 1.39 bits per heavy atom. The van der Waals surface area contributed by atoms with Crippen molar-refractivity contribution >= 4 is 28.6 Å². The van der Waals surface area contributed by atoms with E-state index in [1.54, 1.807) is 29.7 Å². The average molecular weight is 347 g/mol. The van der Waals surface area contributed by atoms with Crippen LogP contribution in [0.1, 0.15) is 20.5 Å². The standard InChI is InChI=1S/C16H14FN3OS2/c1-10-20-14(15(23-10)11-3-2-4-12(17)9-11)16(21)19-6-5-13-18-7-8-22-13/h2-4,7-9H,5-6H2,1H3,(H,19,21). The Bertz CT molecular complexity index is 815. The number of carbonyl (C=O) groups excluding carboxylic acids is 1. The van der Waals surface area contributed by atoms with E-state index in [0.717, 1.165) is 10.0 Å². The number of carbonyl (C=O) groups is 1. The third-order valence-electron chi connectivity index (χ3n) is 3.14. The molecule has 0 atom stereocenters. The van der Waals surface area contributed by atoms with Crippen molar-refractivity contribution in [3.05, 3.63) is 57.4 Å². The maximum Gasteiger partial charge on any atom is 0.271 e. The molecule has 0 radical (unpaired) electrons. The van der Waals surface area contributed by atoms with Crippen LogP contribution < -0.4 is 5.32 Å². The Kier molecular flexibility index (Phi) is 4.78. The molecular weight excluding hydrogens is 333 g/mol. The van der Waals surface area contributed by atoms with Crippen molar-refractivity contribution in [3.63, 3.8) is 0 Å². The van der Waals surface area contributed by atoms with Gasteiger partial charge in [-0.3, -0.25) is 4.79 Å². The first-order valence-electron chi connectivity index (χ1n) is 7.03. The zero-order valence-corrected chi connectivity index (χ0v) is 14.0. The van der Waals surface area contributed by atoms with Crippen LogP contribution in [0.3, 0.4) is 0 Å². The van der Waals surface area contributed by atoms with Gasteiger partial charge in [-0.1, -0.05) is 12.1 Å². The Morgan fingerprint density at radius 2 is 2.26 bits per heavy atom. The Hall–Kier alpha value is -2.12. The molecule has 118 valence electrons. The summed E-state index contributed by atoms with van der Waals surface area (Å²) in [6.45, 7) is 2.32. The van der Waals surface area contributed by atoms with Crippen molar-refractivity contribution in [1.82, 2.24) is 15.3 Å². The Labute approximate surface area is 141 Å². The number of amides is 1. The quantitative estimate of drug-likeness (QED) is 0.766. The summed E-state index contributed by atoms with van der Waals surface area (Å²) in [6, 6.07) is 6.21. The Balaban J connectivity index is 1.75. The van der Waals surface area contributed by atoms with Crippen molar-refractivity contribution in [2.45, 2.75) is 13.3 Å². The smallest absolute Gasteiger partial charge is 0.271 e. The van der Waals surface area contributed by atoms with E-state index in [1.165, 1.54) is 23.5 Å². The van der Waals surface area contributed by atoms with Gasteiger partial charge < -0.3 is 5.32 Å². The molecule has 2 heterocycles. The molecule has 0 aliphatic rings. The number of nitrogens with zero attached hydrogens (tertiary/aromatic N) is 2. The number of benzene rings is 1. The van der Waals surface area contributed by atoms with Crippen molar-refractivity contribution < 1.29 is 9.18 Å². The lowest BCUT2D eigenvalue weighted by Crippen LogP contribution is -2.26. The lowest BCUT2D eigenvalue weighted by molar-refractivity contribution is 0.0950. The van der Waals surface area contributed by atoms with Crippen LogP contribution in [0.15, 0.2) is 35.8 Å². The molecule has 3 rings (SSSR count). The monoisotopic (exact) mass is 347 g/mol. The highest BCUT2D eigenvalue weighted by Crippen LogP contribution is 2.30. The number of hydrogen-bond donors (Lipinski definition) is 1. The Morgan fingerprint density at radius 3 is 3.00 bits per heavy atom. The molecule has 0 bridgehead atoms. The van der Waals surface area contributed by atoms with Gasteiger partial charge in [0.15, 0.2) is 0 Å². The van der Waals surface area contributed by atoms with Crippen molar-refractivity contribution in [2.24, 2.45) is 0 Å². The molecule has 0 saturated carbocycles. The van der Waals surface area contributed by atoms with E-state index < -0.39 is 0 Å². The lowest BCUT2D eigenvalue weighted by Gasteiger charge is -2.04. The summed E-state index contributed by atoms with van der Waals surface area (Å²) in [4.78, 5) is 21.6. The number of aromatic nitrogens is 2. The largest absolute Gasteiger partial charge is 0.350 e. The van der Waals surface area contributed by atoms with Gasteiger partial charge in [0.05, 0.1) is 14.9 Å². The van der Waals surface area contributed by atoms with Gasteiger partial charge in [-0.05, 0) is 24.6 Å². The van der Waals surface area contributed by atoms with Crippen LogP contribution in [0.5, 0.6) is 0 Å². The minimum absolute atomic E-state index is 0.245. The molecule has 3 aromatic rings. The molecule has 0 unspecified atom stereocenters. The molecule has 1 aromatic carbocycles. The third kappa shape index (κ3) is 3.80. The summed E-state index contributed by atoms with van der Waals surface area (Å²) in [5.74, 6) is -0.575. The van der Waals surface area contributed by atoms with Crippen LogP contribution in [0.2, 0.25) is 0 Å². The minimum atomic E-state index is -0.330. The fraction of sp³-hybridized carbons (Fsp3) is 0.188. The lowest BCUT2D eigenvalue weighted by atomic mass is 10.1. The molecule has 0 saturated heterocycles. The summed E-state index contributed by atoms with van der Waals surface area (Å²) in [7, 11) is 0. The molecule has 0 aliphatic heterocycles. The van der Waals surface area contributed by atoms with E-state index in [9.17, 15) is 9.18 Å². The van der Waals surface area contributed by atoms with E-state index in [-0.39, 0.29) is 11.7 Å². The highest BCUT2D eigenvalue weighted by molar-refractivity contribution is 7.15. The summed E-state index contributed by atoms with van der Waals surface area (Å²) >= 11 is 2.95. The molecular formula is C16H14FN3OS2. The molecule has 0 spiro atoms. The maximum absolute atomic E-state index is 13.4. The van der Waals surface area contributed by atoms with Gasteiger partial charge in [0, 0.05) is 24.5 Å². The van der Waals surface area contributed by atoms with Crippen molar-refractivity contribution in [1.29, 1.82) is 0 Å². The molecule has 1 N–H and O–H groups in total. The zero-order valence-electron chi connectivity index (χ0n) is 12.4. The minimum Gasteiger partial charge on any atom is -0.350 e. The number of nitrogens with one attached hydrogen (secondary N) is 1. The predicted molar refractivity (Wildman–Crippen MR) is 90.4 cm³/mol. The van der Waals surface area contributed by atoms with E-state index in [2.05, 4.69) is 15.3 Å². The first-order valence-corrected chi connectivity index (χ1v) is 8.73. The SMILES string of the molecule is Cc1nc(C(=O)NCCc2nccs2)c(-c2cccc(F)c2)s1. The van der Waals surface area contributed by atoms with Crippen LogP contribution in [0.4, 0.5) is 4.39 Å². The average Bonchev–Trinajstić information content (AvgIpc) is 3.16. The third-order valence-corrected chi connectivity index (χ3v) is 5.00. The first-order chi connectivity index (χ1) is 11.1. The predicted octanol–water partition coefficient (Wildman–Crippen LogP) is 3.69. The molecule has 23 heavy (non-hydrogen) atoms. The summed E-state index contributed by atoms with van der Waals surface area (Å²) < 4.78 is 13.4. The number of aryl methyl sites for hydroxylation is 1. The van der Waals surface area contributed by atoms with E-state index >= 15 is 0 Å². The van der Waals surface area contributed by atoms with Crippen LogP contribution >= 0.6 is 22.7 Å². The van der Waals surface area contributed by atoms with Crippen LogP contribution in [0, 0.1) is 12.7 Å². The molecule has 2 aromatic heterocycles. The topological polar surface area (TPSA) is 54.9 Å². The van der Waals surface area contributed by atoms with Gasteiger partial charge in [0.25, 0.3) is 5.91 Å². The fourth-order valence-electron chi connectivity index (χ4n) is 2.15. The van der Waals surface area contributed by atoms with Gasteiger partial charge in [0.2, 0.25) is 0 Å². The normalized spacial score (nSPS) is 10.7. The second kappa shape index (κ2) is 6.97. The maximum atomic E-state index is 13.4. The molecule has 4 nitrogen and oxygen atoms in total. The number of rotatable bonds is 5. The van der Waals surface area contributed by atoms with Gasteiger partial charge in [0.1, 0.15) is 11.5 Å². The first kappa shape index (κ1) is 15.8. The van der Waals surface area contributed by atoms with Gasteiger partial charge in [-0.25, -0.2) is 14.4 Å². The highest BCUT2D eigenvalue weighted by Gasteiger charge is 2.18. The van der Waals surface area contributed by atoms with Crippen LogP contribution in [-0.4, -0.2) is 22.4 Å². The fourth-order valence-corrected chi connectivity index (χ4v) is 3.68. The summed E-state index contributed by atoms with van der Waals surface area (Å²) in [5.41, 5.74) is 1.01. The summed E-state index contributed by atoms with van der Waals surface area (Å²) in [6.07, 6.45) is 2.43. The molecule has 0 fully saturated rings. The van der Waals surface area contributed by atoms with Crippen LogP contribution in [-0.2, 0) is 6.42 Å². The van der Waals surface area contributed by atoms with Crippen molar-refractivity contribution in [2.75, 3.05) is 6.54 Å². The van der Waals surface area contributed by atoms with Gasteiger partial charge in [-0.2, -0.15) is 0 Å². The molecule has 7 heteroatoms. The van der Waals surface area contributed by atoms with Crippen molar-refractivity contribution in [3.8, 4) is 10.4 Å². The number of thiazole rings is 2. The second-order valence-corrected chi connectivity index (χ2v) is 7.04. The summed E-state index contributed by atoms with van der Waals surface area (Å²) in [5, 5.41) is 6.51. The molecule has 0 aliphatic carbocycles. The van der Waals surface area contributed by atoms with Gasteiger partial charge >= 0.3 is 0 Å². The molecule has 1 amide bonds. The van der Waals surface area contributed by atoms with Crippen LogP contribution in [0.25, 0.3) is 10.4 Å². The second-order valence-electron chi connectivity index (χ2n) is 4.85. The van der Waals surface area contributed by atoms with E-state index in [0.29, 0.717) is 29.1 Å². The zero-order chi connectivity index (χ0) is 16.2. The van der Waals surface area contributed by atoms with Gasteiger partial charge in [-0.15, -0.1) is 22.7 Å². The number of halogens is 1. The highest BCUT2D eigenvalue weighted by atomic mass is 32.1. The number of hydrogen-bond acceptors (Lipinski definition) is 5.